The Balaban J connectivity index is 1.80. The van der Waals surface area contributed by atoms with Gasteiger partial charge in [-0.2, -0.15) is 0 Å². The van der Waals surface area contributed by atoms with E-state index in [9.17, 15) is 14.7 Å². The Labute approximate surface area is 157 Å². The Morgan fingerprint density at radius 1 is 1.20 bits per heavy atom. The van der Waals surface area contributed by atoms with E-state index in [1.807, 2.05) is 0 Å². The molecule has 3 N–H and O–H groups in total. The molecule has 0 saturated carbocycles. The number of aromatic hydroxyl groups is 1. The van der Waals surface area contributed by atoms with Crippen LogP contribution in [0.25, 0.3) is 0 Å². The minimum Gasteiger partial charge on any atom is -0.506 e. The fourth-order valence-electron chi connectivity index (χ4n) is 1.99. The van der Waals surface area contributed by atoms with Crippen LogP contribution < -0.4 is 10.1 Å². The Hall–Kier alpha value is -2.25. The van der Waals surface area contributed by atoms with Gasteiger partial charge in [0.15, 0.2) is 0 Å². The molecule has 25 heavy (non-hydrogen) atoms. The molecule has 132 valence electrons. The van der Waals surface area contributed by atoms with Crippen molar-refractivity contribution in [3.63, 3.8) is 0 Å². The van der Waals surface area contributed by atoms with Crippen LogP contribution in [0, 0.1) is 0 Å². The molecule has 2 aromatic carbocycles. The van der Waals surface area contributed by atoms with Gasteiger partial charge in [-0.3, -0.25) is 4.79 Å². The zero-order valence-corrected chi connectivity index (χ0v) is 15.3. The smallest absolute Gasteiger partial charge is 0.335 e. The SMILES string of the molecule is O=C(CCCOc1ccc(Br)cc1Cl)Nc1ccc(C(=O)O)cc1O. The van der Waals surface area contributed by atoms with Crippen LogP contribution in [0.1, 0.15) is 23.2 Å². The molecule has 2 aromatic rings. The molecule has 8 heteroatoms. The van der Waals surface area contributed by atoms with E-state index in [-0.39, 0.29) is 29.3 Å². The maximum absolute atomic E-state index is 11.9. The molecule has 0 fully saturated rings. The summed E-state index contributed by atoms with van der Waals surface area (Å²) in [6, 6.07) is 8.97. The Kier molecular flexibility index (Phi) is 6.66. The zero-order valence-electron chi connectivity index (χ0n) is 13.0. The van der Waals surface area contributed by atoms with Gasteiger partial charge in [-0.1, -0.05) is 27.5 Å². The van der Waals surface area contributed by atoms with Crippen LogP contribution in [0.5, 0.6) is 11.5 Å². The number of carboxylic acid groups (broad SMARTS) is 1. The first-order valence-electron chi connectivity index (χ1n) is 7.31. The average molecular weight is 429 g/mol. The van der Waals surface area contributed by atoms with Crippen molar-refractivity contribution < 1.29 is 24.5 Å². The molecule has 0 unspecified atom stereocenters. The van der Waals surface area contributed by atoms with Crippen LogP contribution in [-0.4, -0.2) is 28.7 Å². The number of ether oxygens (including phenoxy) is 1. The molecule has 0 aliphatic carbocycles. The van der Waals surface area contributed by atoms with Crippen molar-refractivity contribution in [3.05, 3.63) is 51.5 Å². The van der Waals surface area contributed by atoms with E-state index in [2.05, 4.69) is 21.2 Å². The summed E-state index contributed by atoms with van der Waals surface area (Å²) >= 11 is 9.33. The lowest BCUT2D eigenvalue weighted by Crippen LogP contribution is -2.13. The van der Waals surface area contributed by atoms with Crippen LogP contribution in [0.4, 0.5) is 5.69 Å². The number of phenols is 1. The van der Waals surface area contributed by atoms with Gasteiger partial charge < -0.3 is 20.3 Å². The predicted molar refractivity (Wildman–Crippen MR) is 97.6 cm³/mol. The van der Waals surface area contributed by atoms with Gasteiger partial charge in [-0.05, 0) is 42.8 Å². The molecule has 0 aliphatic heterocycles. The number of benzene rings is 2. The number of aromatic carboxylic acids is 1. The lowest BCUT2D eigenvalue weighted by Gasteiger charge is -2.09. The number of anilines is 1. The highest BCUT2D eigenvalue weighted by Gasteiger charge is 2.10. The normalized spacial score (nSPS) is 10.3. The molecule has 0 bridgehead atoms. The third kappa shape index (κ3) is 5.65. The average Bonchev–Trinajstić information content (AvgIpc) is 2.55. The fourth-order valence-corrected chi connectivity index (χ4v) is 2.72. The van der Waals surface area contributed by atoms with Crippen LogP contribution in [0.2, 0.25) is 5.02 Å². The molecule has 0 spiro atoms. The number of carboxylic acids is 1. The molecule has 0 aromatic heterocycles. The van der Waals surface area contributed by atoms with Crippen LogP contribution in [0.3, 0.4) is 0 Å². The largest absolute Gasteiger partial charge is 0.506 e. The molecule has 0 saturated heterocycles. The lowest BCUT2D eigenvalue weighted by molar-refractivity contribution is -0.116. The summed E-state index contributed by atoms with van der Waals surface area (Å²) in [6.07, 6.45) is 0.625. The van der Waals surface area contributed by atoms with E-state index in [0.29, 0.717) is 23.8 Å². The standard InChI is InChI=1S/C17H15BrClNO5/c18-11-4-6-15(12(19)9-11)25-7-1-2-16(22)20-13-5-3-10(17(23)24)8-14(13)21/h3-6,8-9,21H,1-2,7H2,(H,20,22)(H,23,24). The highest BCUT2D eigenvalue weighted by Crippen LogP contribution is 2.28. The second-order valence-corrected chi connectivity index (χ2v) is 6.43. The fraction of sp³-hybridized carbons (Fsp3) is 0.176. The first-order valence-corrected chi connectivity index (χ1v) is 8.48. The number of nitrogens with one attached hydrogen (secondary N) is 1. The van der Waals surface area contributed by atoms with Crippen molar-refractivity contribution in [1.82, 2.24) is 0 Å². The van der Waals surface area contributed by atoms with Gasteiger partial charge in [0.2, 0.25) is 5.91 Å². The number of carbonyl (C=O) groups excluding carboxylic acids is 1. The topological polar surface area (TPSA) is 95.9 Å². The zero-order chi connectivity index (χ0) is 18.4. The van der Waals surface area contributed by atoms with Gasteiger partial charge in [-0.15, -0.1) is 0 Å². The summed E-state index contributed by atoms with van der Waals surface area (Å²) in [5.41, 5.74) is 0.0992. The second-order valence-electron chi connectivity index (χ2n) is 5.11. The summed E-state index contributed by atoms with van der Waals surface area (Å²) in [4.78, 5) is 22.7. The highest BCUT2D eigenvalue weighted by atomic mass is 79.9. The number of carbonyl (C=O) groups is 2. The van der Waals surface area contributed by atoms with E-state index in [0.717, 1.165) is 10.5 Å². The molecule has 0 radical (unpaired) electrons. The van der Waals surface area contributed by atoms with Gasteiger partial charge in [-0.25, -0.2) is 4.79 Å². The molecule has 6 nitrogen and oxygen atoms in total. The first-order chi connectivity index (χ1) is 11.9. The third-order valence-corrected chi connectivity index (χ3v) is 4.01. The van der Waals surface area contributed by atoms with Crippen LogP contribution >= 0.6 is 27.5 Å². The summed E-state index contributed by atoms with van der Waals surface area (Å²) in [5, 5.41) is 21.6. The van der Waals surface area contributed by atoms with Crippen LogP contribution in [-0.2, 0) is 4.79 Å². The number of amides is 1. The summed E-state index contributed by atoms with van der Waals surface area (Å²) < 4.78 is 6.36. The van der Waals surface area contributed by atoms with Crippen molar-refractivity contribution in [1.29, 1.82) is 0 Å². The van der Waals surface area contributed by atoms with Gasteiger partial charge in [0.1, 0.15) is 11.5 Å². The van der Waals surface area contributed by atoms with E-state index < -0.39 is 5.97 Å². The van der Waals surface area contributed by atoms with Gasteiger partial charge >= 0.3 is 5.97 Å². The number of hydrogen-bond donors (Lipinski definition) is 3. The Morgan fingerprint density at radius 2 is 1.96 bits per heavy atom. The summed E-state index contributed by atoms with van der Waals surface area (Å²) in [5.74, 6) is -1.24. The number of hydrogen-bond acceptors (Lipinski definition) is 4. The molecule has 2 rings (SSSR count). The number of rotatable bonds is 7. The molecule has 0 heterocycles. The van der Waals surface area contributed by atoms with E-state index >= 15 is 0 Å². The Morgan fingerprint density at radius 3 is 2.60 bits per heavy atom. The summed E-state index contributed by atoms with van der Waals surface area (Å²) in [7, 11) is 0. The molecule has 0 atom stereocenters. The molecular weight excluding hydrogens is 414 g/mol. The van der Waals surface area contributed by atoms with Gasteiger partial charge in [0.05, 0.1) is 22.9 Å². The maximum atomic E-state index is 11.9. The predicted octanol–water partition coefficient (Wildman–Crippen LogP) is 4.30. The first kappa shape index (κ1) is 19.1. The Bertz CT molecular complexity index is 797. The van der Waals surface area contributed by atoms with Crippen molar-refractivity contribution in [2.24, 2.45) is 0 Å². The number of phenolic OH excluding ortho intramolecular Hbond substituents is 1. The van der Waals surface area contributed by atoms with Crippen molar-refractivity contribution >= 4 is 45.1 Å². The van der Waals surface area contributed by atoms with Gasteiger partial charge in [0, 0.05) is 10.9 Å². The lowest BCUT2D eigenvalue weighted by atomic mass is 10.2. The van der Waals surface area contributed by atoms with Crippen LogP contribution in [0.15, 0.2) is 40.9 Å². The number of halogens is 2. The van der Waals surface area contributed by atoms with Gasteiger partial charge in [0.25, 0.3) is 0 Å². The quantitative estimate of drug-likeness (QED) is 0.451. The molecule has 1 amide bonds. The van der Waals surface area contributed by atoms with E-state index in [4.69, 9.17) is 21.4 Å². The minimum atomic E-state index is -1.16. The second kappa shape index (κ2) is 8.73. The monoisotopic (exact) mass is 427 g/mol. The maximum Gasteiger partial charge on any atom is 0.335 e. The third-order valence-electron chi connectivity index (χ3n) is 3.22. The van der Waals surface area contributed by atoms with Crippen molar-refractivity contribution in [3.8, 4) is 11.5 Å². The summed E-state index contributed by atoms with van der Waals surface area (Å²) in [6.45, 7) is 0.304. The highest BCUT2D eigenvalue weighted by molar-refractivity contribution is 9.10. The molecule has 0 aliphatic rings. The van der Waals surface area contributed by atoms with E-state index in [1.54, 1.807) is 18.2 Å². The minimum absolute atomic E-state index is 0.0599. The molecular formula is C17H15BrClNO5. The van der Waals surface area contributed by atoms with Crippen molar-refractivity contribution in [2.45, 2.75) is 12.8 Å². The van der Waals surface area contributed by atoms with E-state index in [1.165, 1.54) is 12.1 Å². The van der Waals surface area contributed by atoms with Crippen molar-refractivity contribution in [2.75, 3.05) is 11.9 Å².